The molecule has 1 saturated carbocycles. The average Bonchev–Trinajstić information content (AvgIpc) is 2.68. The van der Waals surface area contributed by atoms with Crippen molar-refractivity contribution in [2.45, 2.75) is 71.8 Å². The van der Waals surface area contributed by atoms with Crippen LogP contribution in [-0.4, -0.2) is 19.5 Å². The summed E-state index contributed by atoms with van der Waals surface area (Å²) in [4.78, 5) is 13.1. The van der Waals surface area contributed by atoms with Crippen molar-refractivity contribution in [3.63, 3.8) is 0 Å². The predicted octanol–water partition coefficient (Wildman–Crippen LogP) is 5.67. The molecule has 1 amide bonds. The van der Waals surface area contributed by atoms with Crippen molar-refractivity contribution in [2.24, 2.45) is 5.41 Å². The molecule has 0 aromatic heterocycles. The lowest BCUT2D eigenvalue weighted by Gasteiger charge is -2.36. The molecular weight excluding hydrogens is 387 g/mol. The highest BCUT2D eigenvalue weighted by Crippen LogP contribution is 2.43. The van der Waals surface area contributed by atoms with Gasteiger partial charge in [-0.25, -0.2) is 4.39 Å². The monoisotopic (exact) mass is 422 g/mol. The molecule has 0 radical (unpaired) electrons. The molecule has 2 aliphatic rings. The zero-order chi connectivity index (χ0) is 22.0. The number of hydrogen-bond acceptors (Lipinski definition) is 2. The smallest absolute Gasteiger partial charge is 0.207 e. The first kappa shape index (κ1) is 21.9. The molecule has 3 nitrogen and oxygen atoms in total. The van der Waals surface area contributed by atoms with Crippen LogP contribution in [0, 0.1) is 18.2 Å². The number of rotatable bonds is 8. The maximum absolute atomic E-state index is 13.6. The van der Waals surface area contributed by atoms with E-state index in [0.717, 1.165) is 50.9 Å². The van der Waals surface area contributed by atoms with Crippen LogP contribution in [0.4, 0.5) is 10.1 Å². The van der Waals surface area contributed by atoms with E-state index in [1.807, 2.05) is 6.07 Å². The van der Waals surface area contributed by atoms with Crippen LogP contribution in [0.1, 0.15) is 73.3 Å². The number of fused-ring (bicyclic) bond motifs is 1. The van der Waals surface area contributed by atoms with Gasteiger partial charge in [-0.2, -0.15) is 0 Å². The summed E-state index contributed by atoms with van der Waals surface area (Å²) in [5.74, 6) is 0.536. The summed E-state index contributed by atoms with van der Waals surface area (Å²) in [5.41, 5.74) is 8.23. The van der Waals surface area contributed by atoms with E-state index in [4.69, 9.17) is 0 Å². The maximum Gasteiger partial charge on any atom is 0.207 e. The minimum absolute atomic E-state index is 0.134. The van der Waals surface area contributed by atoms with E-state index in [-0.39, 0.29) is 11.2 Å². The number of hydrogen-bond donors (Lipinski definition) is 1. The molecule has 4 heteroatoms. The largest absolute Gasteiger partial charge is 0.367 e. The number of nitrogens with zero attached hydrogens (tertiary/aromatic N) is 1. The number of halogens is 1. The third kappa shape index (κ3) is 4.94. The molecule has 0 saturated heterocycles. The number of carbonyl (C=O) groups excluding carboxylic acids is 1. The second-order valence-corrected chi connectivity index (χ2v) is 10.2. The fraction of sp³-hybridized carbons (Fsp3) is 0.519. The SMILES string of the molecule is Cc1cc(N2CCc3cc(F)ccc3C2)cc(C2CCC2)c1CC(C)(C)CCNC=O. The van der Waals surface area contributed by atoms with Gasteiger partial charge in [0.15, 0.2) is 0 Å². The summed E-state index contributed by atoms with van der Waals surface area (Å²) in [6, 6.07) is 10.0. The molecule has 4 rings (SSSR count). The Bertz CT molecular complexity index is 948. The highest BCUT2D eigenvalue weighted by Gasteiger charge is 2.28. The molecular formula is C27H35FN2O. The zero-order valence-corrected chi connectivity index (χ0v) is 19.1. The topological polar surface area (TPSA) is 32.3 Å². The molecule has 166 valence electrons. The number of benzene rings is 2. The van der Waals surface area contributed by atoms with E-state index in [1.165, 1.54) is 47.2 Å². The molecule has 1 fully saturated rings. The average molecular weight is 423 g/mol. The van der Waals surface area contributed by atoms with Crippen molar-refractivity contribution in [3.8, 4) is 0 Å². The van der Waals surface area contributed by atoms with Gasteiger partial charge < -0.3 is 10.2 Å². The number of aryl methyl sites for hydroxylation is 1. The van der Waals surface area contributed by atoms with E-state index in [1.54, 1.807) is 12.1 Å². The third-order valence-corrected chi connectivity index (χ3v) is 7.27. The second kappa shape index (κ2) is 9.02. The standard InChI is InChI=1S/C27H35FN2O/c1-19-13-24(30-12-9-21-14-23(28)8-7-22(21)17-30)15-25(20-5-4-6-20)26(19)16-27(2,3)10-11-29-18-31/h7-8,13-15,18,20H,4-6,9-12,16-17H2,1-3H3,(H,29,31). The minimum atomic E-state index is -0.134. The van der Waals surface area contributed by atoms with Gasteiger partial charge in [0.05, 0.1) is 0 Å². The fourth-order valence-electron chi connectivity index (χ4n) is 5.11. The van der Waals surface area contributed by atoms with Crippen molar-refractivity contribution in [1.82, 2.24) is 5.32 Å². The first-order chi connectivity index (χ1) is 14.9. The third-order valence-electron chi connectivity index (χ3n) is 7.27. The van der Waals surface area contributed by atoms with Gasteiger partial charge in [-0.3, -0.25) is 4.79 Å². The number of anilines is 1. The molecule has 1 N–H and O–H groups in total. The van der Waals surface area contributed by atoms with Gasteiger partial charge in [-0.05, 0) is 102 Å². The normalized spacial score (nSPS) is 16.6. The lowest BCUT2D eigenvalue weighted by molar-refractivity contribution is -0.109. The van der Waals surface area contributed by atoms with Crippen LogP contribution in [0.25, 0.3) is 0 Å². The first-order valence-corrected chi connectivity index (χ1v) is 11.7. The highest BCUT2D eigenvalue weighted by molar-refractivity contribution is 5.57. The highest BCUT2D eigenvalue weighted by atomic mass is 19.1. The Kier molecular flexibility index (Phi) is 6.36. The molecule has 2 aromatic carbocycles. The second-order valence-electron chi connectivity index (χ2n) is 10.2. The predicted molar refractivity (Wildman–Crippen MR) is 125 cm³/mol. The van der Waals surface area contributed by atoms with Crippen molar-refractivity contribution >= 4 is 12.1 Å². The summed E-state index contributed by atoms with van der Waals surface area (Å²) in [7, 11) is 0. The van der Waals surface area contributed by atoms with Crippen molar-refractivity contribution in [3.05, 3.63) is 64.0 Å². The van der Waals surface area contributed by atoms with Crippen LogP contribution in [0.5, 0.6) is 0 Å². The van der Waals surface area contributed by atoms with Gasteiger partial charge in [0.25, 0.3) is 0 Å². The van der Waals surface area contributed by atoms with Crippen LogP contribution in [0.2, 0.25) is 0 Å². The molecule has 0 spiro atoms. The summed E-state index contributed by atoms with van der Waals surface area (Å²) in [6.07, 6.45) is 7.58. The van der Waals surface area contributed by atoms with Gasteiger partial charge in [-0.15, -0.1) is 0 Å². The summed E-state index contributed by atoms with van der Waals surface area (Å²) in [5, 5.41) is 2.82. The first-order valence-electron chi connectivity index (χ1n) is 11.7. The molecule has 1 heterocycles. The van der Waals surface area contributed by atoms with Crippen LogP contribution in [-0.2, 0) is 24.2 Å². The van der Waals surface area contributed by atoms with E-state index in [9.17, 15) is 9.18 Å². The lowest BCUT2D eigenvalue weighted by Crippen LogP contribution is -2.31. The van der Waals surface area contributed by atoms with E-state index < -0.39 is 0 Å². The molecule has 0 bridgehead atoms. The number of carbonyl (C=O) groups is 1. The Labute approximate surface area is 186 Å². The zero-order valence-electron chi connectivity index (χ0n) is 19.1. The quantitative estimate of drug-likeness (QED) is 0.439. The van der Waals surface area contributed by atoms with Crippen LogP contribution < -0.4 is 10.2 Å². The summed E-state index contributed by atoms with van der Waals surface area (Å²) in [6.45, 7) is 9.37. The van der Waals surface area contributed by atoms with Gasteiger partial charge in [0, 0.05) is 25.3 Å². The molecule has 2 aromatic rings. The van der Waals surface area contributed by atoms with Crippen molar-refractivity contribution in [2.75, 3.05) is 18.0 Å². The van der Waals surface area contributed by atoms with Crippen molar-refractivity contribution in [1.29, 1.82) is 0 Å². The maximum atomic E-state index is 13.6. The van der Waals surface area contributed by atoms with Gasteiger partial charge in [-0.1, -0.05) is 26.3 Å². The van der Waals surface area contributed by atoms with E-state index in [2.05, 4.69) is 43.1 Å². The summed E-state index contributed by atoms with van der Waals surface area (Å²) < 4.78 is 13.6. The Hall–Kier alpha value is -2.36. The Morgan fingerprint density at radius 1 is 1.19 bits per heavy atom. The summed E-state index contributed by atoms with van der Waals surface area (Å²) >= 11 is 0. The van der Waals surface area contributed by atoms with Crippen molar-refractivity contribution < 1.29 is 9.18 Å². The fourth-order valence-corrected chi connectivity index (χ4v) is 5.11. The van der Waals surface area contributed by atoms with Gasteiger partial charge in [0.1, 0.15) is 5.82 Å². The van der Waals surface area contributed by atoms with E-state index in [0.29, 0.717) is 5.92 Å². The van der Waals surface area contributed by atoms with Crippen LogP contribution in [0.3, 0.4) is 0 Å². The number of nitrogens with one attached hydrogen (secondary N) is 1. The Morgan fingerprint density at radius 2 is 2.00 bits per heavy atom. The van der Waals surface area contributed by atoms with Gasteiger partial charge >= 0.3 is 0 Å². The van der Waals surface area contributed by atoms with Crippen LogP contribution in [0.15, 0.2) is 30.3 Å². The Balaban J connectivity index is 1.60. The lowest BCUT2D eigenvalue weighted by atomic mass is 9.73. The molecule has 0 unspecified atom stereocenters. The van der Waals surface area contributed by atoms with Gasteiger partial charge in [0.2, 0.25) is 6.41 Å². The minimum Gasteiger partial charge on any atom is -0.367 e. The molecule has 31 heavy (non-hydrogen) atoms. The molecule has 0 atom stereocenters. The van der Waals surface area contributed by atoms with Crippen LogP contribution >= 0.6 is 0 Å². The number of amides is 1. The molecule has 1 aliphatic heterocycles. The Morgan fingerprint density at radius 3 is 2.71 bits per heavy atom. The molecule has 1 aliphatic carbocycles. The van der Waals surface area contributed by atoms with E-state index >= 15 is 0 Å².